The van der Waals surface area contributed by atoms with Gasteiger partial charge in [0.2, 0.25) is 0 Å². The largest absolute Gasteiger partial charge is 0.417 e. The molecular weight excluding hydrogens is 316 g/mol. The maximum absolute atomic E-state index is 12.2. The molecule has 1 aliphatic rings. The summed E-state index contributed by atoms with van der Waals surface area (Å²) in [4.78, 5) is 24.3. The lowest BCUT2D eigenvalue weighted by molar-refractivity contribution is -0.145. The lowest BCUT2D eigenvalue weighted by atomic mass is 10.2. The maximum Gasteiger partial charge on any atom is 0.341 e. The Bertz CT molecular complexity index is 679. The lowest BCUT2D eigenvalue weighted by Gasteiger charge is -2.38. The molecule has 0 unspecified atom stereocenters. The molecule has 6 heteroatoms. The van der Waals surface area contributed by atoms with Crippen LogP contribution in [0.3, 0.4) is 0 Å². The summed E-state index contributed by atoms with van der Waals surface area (Å²) in [6.45, 7) is 0. The summed E-state index contributed by atoms with van der Waals surface area (Å²) >= 11 is 0. The summed E-state index contributed by atoms with van der Waals surface area (Å²) in [7, 11) is -1.16. The van der Waals surface area contributed by atoms with Gasteiger partial charge in [0.25, 0.3) is 5.79 Å². The first-order valence-corrected chi connectivity index (χ1v) is 8.49. The molecule has 0 spiro atoms. The first kappa shape index (κ1) is 15.4. The van der Waals surface area contributed by atoms with Crippen LogP contribution in [0.1, 0.15) is 20.7 Å². The number of hydrogen-bond donors (Lipinski definition) is 0. The number of ether oxygens (including phenoxy) is 2. The van der Waals surface area contributed by atoms with Crippen molar-refractivity contribution in [2.45, 2.75) is 5.79 Å². The summed E-state index contributed by atoms with van der Waals surface area (Å²) in [6.07, 6.45) is 0. The maximum atomic E-state index is 12.2. The fourth-order valence-electron chi connectivity index (χ4n) is 2.19. The van der Waals surface area contributed by atoms with Crippen LogP contribution < -0.4 is 0 Å². The Morgan fingerprint density at radius 1 is 0.783 bits per heavy atom. The molecule has 0 radical (unpaired) electrons. The second-order valence-electron chi connectivity index (χ2n) is 5.15. The molecule has 1 saturated heterocycles. The molecule has 0 amide bonds. The number of hydrogen-bond acceptors (Lipinski definition) is 5. The van der Waals surface area contributed by atoms with E-state index in [2.05, 4.69) is 0 Å². The average molecular weight is 330 g/mol. The van der Waals surface area contributed by atoms with E-state index >= 15 is 0 Å². The molecule has 0 atom stereocenters. The van der Waals surface area contributed by atoms with E-state index in [-0.39, 0.29) is 11.5 Å². The van der Waals surface area contributed by atoms with Crippen molar-refractivity contribution in [2.75, 3.05) is 11.5 Å². The van der Waals surface area contributed by atoms with E-state index in [1.807, 2.05) is 0 Å². The van der Waals surface area contributed by atoms with Gasteiger partial charge in [0.05, 0.1) is 11.1 Å². The third kappa shape index (κ3) is 3.48. The van der Waals surface area contributed by atoms with E-state index < -0.39 is 28.5 Å². The number of carbonyl (C=O) groups excluding carboxylic acids is 2. The van der Waals surface area contributed by atoms with E-state index in [0.29, 0.717) is 11.1 Å². The van der Waals surface area contributed by atoms with Gasteiger partial charge in [-0.25, -0.2) is 9.59 Å². The fraction of sp³-hybridized carbons (Fsp3) is 0.176. The predicted molar refractivity (Wildman–Crippen MR) is 84.3 cm³/mol. The second-order valence-corrected chi connectivity index (χ2v) is 6.61. The molecule has 0 N–H and O–H groups in total. The highest BCUT2D eigenvalue weighted by atomic mass is 32.2. The van der Waals surface area contributed by atoms with E-state index in [0.717, 1.165) is 0 Å². The number of carbonyl (C=O) groups is 2. The zero-order chi connectivity index (χ0) is 16.3. The Kier molecular flexibility index (Phi) is 4.25. The Hall–Kier alpha value is -2.47. The number of esters is 2. The van der Waals surface area contributed by atoms with Crippen molar-refractivity contribution in [3.05, 3.63) is 71.8 Å². The molecule has 3 rings (SSSR count). The van der Waals surface area contributed by atoms with Gasteiger partial charge in [-0.3, -0.25) is 4.21 Å². The normalized spacial score (nSPS) is 16.2. The van der Waals surface area contributed by atoms with Gasteiger partial charge in [-0.05, 0) is 24.3 Å². The van der Waals surface area contributed by atoms with Gasteiger partial charge in [-0.15, -0.1) is 0 Å². The summed E-state index contributed by atoms with van der Waals surface area (Å²) in [5.41, 5.74) is 0.695. The zero-order valence-corrected chi connectivity index (χ0v) is 13.0. The van der Waals surface area contributed by atoms with E-state index in [1.54, 1.807) is 60.7 Å². The standard InChI is InChI=1S/C17H14O5S/c18-15(13-7-3-1-4-8-13)21-17(11-23(20)12-17)22-16(19)14-9-5-2-6-10-14/h1-10H,11-12H2. The average Bonchev–Trinajstić information content (AvgIpc) is 2.55. The molecule has 1 fully saturated rings. The molecule has 5 nitrogen and oxygen atoms in total. The minimum absolute atomic E-state index is 0.00977. The molecular formula is C17H14O5S. The summed E-state index contributed by atoms with van der Waals surface area (Å²) in [5, 5.41) is 0. The van der Waals surface area contributed by atoms with Gasteiger partial charge >= 0.3 is 11.9 Å². The summed E-state index contributed by atoms with van der Waals surface area (Å²) < 4.78 is 22.2. The third-order valence-corrected chi connectivity index (χ3v) is 4.86. The molecule has 23 heavy (non-hydrogen) atoms. The molecule has 1 heterocycles. The SMILES string of the molecule is O=C(OC1(OC(=O)c2ccccc2)CS(=O)C1)c1ccccc1. The van der Waals surface area contributed by atoms with E-state index in [4.69, 9.17) is 9.47 Å². The van der Waals surface area contributed by atoms with Crippen LogP contribution in [0.5, 0.6) is 0 Å². The Morgan fingerprint density at radius 2 is 1.17 bits per heavy atom. The molecule has 0 aliphatic carbocycles. The van der Waals surface area contributed by atoms with Crippen LogP contribution in [0, 0.1) is 0 Å². The highest BCUT2D eigenvalue weighted by Gasteiger charge is 2.51. The van der Waals surface area contributed by atoms with Crippen molar-refractivity contribution >= 4 is 22.7 Å². The number of rotatable bonds is 4. The molecule has 0 aromatic heterocycles. The Balaban J connectivity index is 1.74. The van der Waals surface area contributed by atoms with Crippen LogP contribution in [0.15, 0.2) is 60.7 Å². The van der Waals surface area contributed by atoms with Gasteiger partial charge < -0.3 is 9.47 Å². The molecule has 2 aromatic rings. The lowest BCUT2D eigenvalue weighted by Crippen LogP contribution is -2.57. The zero-order valence-electron chi connectivity index (χ0n) is 12.1. The van der Waals surface area contributed by atoms with Crippen LogP contribution >= 0.6 is 0 Å². The molecule has 1 aliphatic heterocycles. The van der Waals surface area contributed by atoms with Crippen molar-refractivity contribution < 1.29 is 23.3 Å². The summed E-state index contributed by atoms with van der Waals surface area (Å²) in [5.74, 6) is -2.69. The van der Waals surface area contributed by atoms with Crippen molar-refractivity contribution in [3.63, 3.8) is 0 Å². The highest BCUT2D eigenvalue weighted by Crippen LogP contribution is 2.29. The van der Waals surface area contributed by atoms with Gasteiger partial charge in [-0.1, -0.05) is 36.4 Å². The van der Waals surface area contributed by atoms with Crippen LogP contribution in [0.2, 0.25) is 0 Å². The first-order valence-electron chi connectivity index (χ1n) is 7.00. The number of benzene rings is 2. The molecule has 2 aromatic carbocycles. The van der Waals surface area contributed by atoms with Gasteiger partial charge in [0.1, 0.15) is 11.5 Å². The Labute approximate surface area is 135 Å². The third-order valence-electron chi connectivity index (χ3n) is 3.34. The van der Waals surface area contributed by atoms with E-state index in [1.165, 1.54) is 0 Å². The monoisotopic (exact) mass is 330 g/mol. The topological polar surface area (TPSA) is 69.7 Å². The minimum Gasteiger partial charge on any atom is -0.417 e. The van der Waals surface area contributed by atoms with Crippen molar-refractivity contribution in [3.8, 4) is 0 Å². The van der Waals surface area contributed by atoms with Crippen molar-refractivity contribution in [2.24, 2.45) is 0 Å². The van der Waals surface area contributed by atoms with Gasteiger partial charge in [0, 0.05) is 10.8 Å². The molecule has 0 bridgehead atoms. The first-order chi connectivity index (χ1) is 11.1. The van der Waals surface area contributed by atoms with Crippen LogP contribution in [0.25, 0.3) is 0 Å². The van der Waals surface area contributed by atoms with Crippen molar-refractivity contribution in [1.82, 2.24) is 0 Å². The van der Waals surface area contributed by atoms with Crippen LogP contribution in [-0.4, -0.2) is 33.4 Å². The smallest absolute Gasteiger partial charge is 0.341 e. The van der Waals surface area contributed by atoms with Gasteiger partial charge in [-0.2, -0.15) is 0 Å². The van der Waals surface area contributed by atoms with Crippen molar-refractivity contribution in [1.29, 1.82) is 0 Å². The second kappa shape index (κ2) is 6.34. The Morgan fingerprint density at radius 3 is 1.52 bits per heavy atom. The van der Waals surface area contributed by atoms with Crippen LogP contribution in [0.4, 0.5) is 0 Å². The predicted octanol–water partition coefficient (Wildman–Crippen LogP) is 2.16. The van der Waals surface area contributed by atoms with Crippen LogP contribution in [-0.2, 0) is 20.3 Å². The molecule has 118 valence electrons. The fourth-order valence-corrected chi connectivity index (χ4v) is 3.32. The van der Waals surface area contributed by atoms with Gasteiger partial charge in [0.15, 0.2) is 0 Å². The van der Waals surface area contributed by atoms with E-state index in [9.17, 15) is 13.8 Å². The summed E-state index contributed by atoms with van der Waals surface area (Å²) in [6, 6.07) is 16.8. The highest BCUT2D eigenvalue weighted by molar-refractivity contribution is 7.86. The molecule has 0 saturated carbocycles. The minimum atomic E-state index is -1.45. The quantitative estimate of drug-likeness (QED) is 0.635.